The first-order chi connectivity index (χ1) is 8.15. The lowest BCUT2D eigenvalue weighted by atomic mass is 10.1. The normalized spacial score (nSPS) is 12.4. The first kappa shape index (κ1) is 12.3. The number of amides is 1. The summed E-state index contributed by atoms with van der Waals surface area (Å²) in [5.74, 6) is -0.235. The number of nitrogens with zero attached hydrogens (tertiary/aromatic N) is 1. The van der Waals surface area contributed by atoms with E-state index in [2.05, 4.69) is 26.2 Å². The number of rotatable bonds is 2. The zero-order chi connectivity index (χ0) is 12.4. The zero-order valence-electron chi connectivity index (χ0n) is 9.08. The number of likely N-dealkylation sites (N-methyl/N-ethyl adjacent to an activating group) is 1. The Balaban J connectivity index is 2.63. The fourth-order valence-corrected chi connectivity index (χ4v) is 2.37. The van der Waals surface area contributed by atoms with Crippen molar-refractivity contribution in [3.63, 3.8) is 0 Å². The monoisotopic (exact) mass is 312 g/mol. The highest BCUT2D eigenvalue weighted by Gasteiger charge is 2.19. The molecule has 1 aromatic heterocycles. The van der Waals surface area contributed by atoms with Crippen LogP contribution < -0.4 is 5.32 Å². The van der Waals surface area contributed by atoms with Crippen molar-refractivity contribution in [2.24, 2.45) is 0 Å². The molecule has 3 nitrogen and oxygen atoms in total. The first-order valence-corrected chi connectivity index (χ1v) is 6.27. The van der Waals surface area contributed by atoms with Gasteiger partial charge in [0.1, 0.15) is 5.38 Å². The van der Waals surface area contributed by atoms with Gasteiger partial charge in [0.15, 0.2) is 0 Å². The van der Waals surface area contributed by atoms with Gasteiger partial charge in [-0.15, -0.1) is 11.6 Å². The van der Waals surface area contributed by atoms with Gasteiger partial charge in [-0.1, -0.05) is 28.1 Å². The van der Waals surface area contributed by atoms with Crippen molar-refractivity contribution in [3.05, 3.63) is 40.5 Å². The predicted octanol–water partition coefficient (Wildman–Crippen LogP) is 3.02. The molecule has 1 N–H and O–H groups in total. The Hall–Kier alpha value is -1.13. The van der Waals surface area contributed by atoms with Crippen LogP contribution in [0.5, 0.6) is 0 Å². The van der Waals surface area contributed by atoms with E-state index in [0.717, 1.165) is 15.4 Å². The van der Waals surface area contributed by atoms with E-state index < -0.39 is 5.38 Å². The topological polar surface area (TPSA) is 42.0 Å². The molecule has 88 valence electrons. The summed E-state index contributed by atoms with van der Waals surface area (Å²) in [5, 5.41) is 2.75. The van der Waals surface area contributed by atoms with Crippen molar-refractivity contribution in [2.75, 3.05) is 7.05 Å². The van der Waals surface area contributed by atoms with Gasteiger partial charge in [0, 0.05) is 28.7 Å². The van der Waals surface area contributed by atoms with E-state index in [1.165, 1.54) is 0 Å². The maximum absolute atomic E-state index is 11.6. The third-order valence-corrected chi connectivity index (χ3v) is 3.62. The summed E-state index contributed by atoms with van der Waals surface area (Å²) in [4.78, 5) is 15.8. The number of hydrogen-bond acceptors (Lipinski definition) is 2. The molecule has 1 atom stereocenters. The van der Waals surface area contributed by atoms with Crippen LogP contribution in [0.25, 0.3) is 10.9 Å². The Morgan fingerprint density at radius 1 is 1.47 bits per heavy atom. The highest BCUT2D eigenvalue weighted by molar-refractivity contribution is 9.10. The molecule has 1 unspecified atom stereocenters. The second kappa shape index (κ2) is 5.02. The predicted molar refractivity (Wildman–Crippen MR) is 72.1 cm³/mol. The average Bonchev–Trinajstić information content (AvgIpc) is 2.38. The SMILES string of the molecule is CNC(=O)C(Cl)c1ccc(Br)c2cccnc12. The van der Waals surface area contributed by atoms with Gasteiger partial charge in [0.2, 0.25) is 5.91 Å². The van der Waals surface area contributed by atoms with Crippen LogP contribution in [-0.4, -0.2) is 17.9 Å². The largest absolute Gasteiger partial charge is 0.358 e. The van der Waals surface area contributed by atoms with Gasteiger partial charge in [-0.3, -0.25) is 9.78 Å². The summed E-state index contributed by atoms with van der Waals surface area (Å²) in [6.07, 6.45) is 1.69. The molecular weight excluding hydrogens is 304 g/mol. The van der Waals surface area contributed by atoms with Crippen molar-refractivity contribution < 1.29 is 4.79 Å². The zero-order valence-corrected chi connectivity index (χ0v) is 11.4. The number of hydrogen-bond donors (Lipinski definition) is 1. The minimum atomic E-state index is -0.731. The highest BCUT2D eigenvalue weighted by atomic mass is 79.9. The number of benzene rings is 1. The van der Waals surface area contributed by atoms with Crippen LogP contribution in [-0.2, 0) is 4.79 Å². The molecule has 0 radical (unpaired) electrons. The molecule has 5 heteroatoms. The number of carbonyl (C=O) groups excluding carboxylic acids is 1. The van der Waals surface area contributed by atoms with Gasteiger partial charge in [-0.05, 0) is 12.1 Å². The van der Waals surface area contributed by atoms with Crippen molar-refractivity contribution in [1.82, 2.24) is 10.3 Å². The summed E-state index contributed by atoms with van der Waals surface area (Å²) >= 11 is 9.57. The number of nitrogens with one attached hydrogen (secondary N) is 1. The third kappa shape index (κ3) is 2.28. The summed E-state index contributed by atoms with van der Waals surface area (Å²) in [6.45, 7) is 0. The second-order valence-electron chi connectivity index (χ2n) is 3.51. The summed E-state index contributed by atoms with van der Waals surface area (Å²) in [7, 11) is 1.56. The lowest BCUT2D eigenvalue weighted by molar-refractivity contribution is -0.120. The molecule has 0 saturated carbocycles. The van der Waals surface area contributed by atoms with Crippen molar-refractivity contribution in [3.8, 4) is 0 Å². The van der Waals surface area contributed by atoms with Gasteiger partial charge in [0.05, 0.1) is 5.52 Å². The molecule has 2 aromatic rings. The van der Waals surface area contributed by atoms with Crippen LogP contribution in [0.2, 0.25) is 0 Å². The number of fused-ring (bicyclic) bond motifs is 1. The summed E-state index contributed by atoms with van der Waals surface area (Å²) in [5.41, 5.74) is 1.45. The van der Waals surface area contributed by atoms with Crippen molar-refractivity contribution in [1.29, 1.82) is 0 Å². The molecule has 2 rings (SSSR count). The first-order valence-electron chi connectivity index (χ1n) is 5.04. The average molecular weight is 314 g/mol. The molecule has 0 spiro atoms. The van der Waals surface area contributed by atoms with Crippen LogP contribution in [0.15, 0.2) is 34.9 Å². The summed E-state index contributed by atoms with van der Waals surface area (Å²) in [6, 6.07) is 7.47. The van der Waals surface area contributed by atoms with Gasteiger partial charge in [-0.25, -0.2) is 0 Å². The highest BCUT2D eigenvalue weighted by Crippen LogP contribution is 2.31. The van der Waals surface area contributed by atoms with Gasteiger partial charge in [-0.2, -0.15) is 0 Å². The van der Waals surface area contributed by atoms with Gasteiger partial charge < -0.3 is 5.32 Å². The Labute approximate surface area is 112 Å². The van der Waals surface area contributed by atoms with Crippen molar-refractivity contribution >= 4 is 44.3 Å². The molecule has 0 aliphatic heterocycles. The molecule has 1 aromatic carbocycles. The fourth-order valence-electron chi connectivity index (χ4n) is 1.63. The minimum absolute atomic E-state index is 0.235. The minimum Gasteiger partial charge on any atom is -0.358 e. The fraction of sp³-hybridized carbons (Fsp3) is 0.167. The maximum Gasteiger partial charge on any atom is 0.242 e. The second-order valence-corrected chi connectivity index (χ2v) is 4.80. The van der Waals surface area contributed by atoms with Crippen LogP contribution in [0, 0.1) is 0 Å². The molecule has 1 heterocycles. The van der Waals surface area contributed by atoms with Crippen LogP contribution in [0.3, 0.4) is 0 Å². The Morgan fingerprint density at radius 2 is 2.24 bits per heavy atom. The molecule has 0 fully saturated rings. The van der Waals surface area contributed by atoms with E-state index >= 15 is 0 Å². The number of alkyl halides is 1. The Kier molecular flexibility index (Phi) is 3.64. The van der Waals surface area contributed by atoms with E-state index in [1.807, 2.05) is 24.3 Å². The molecule has 0 saturated heterocycles. The van der Waals surface area contributed by atoms with Crippen LogP contribution >= 0.6 is 27.5 Å². The smallest absolute Gasteiger partial charge is 0.242 e. The molecule has 0 bridgehead atoms. The maximum atomic E-state index is 11.6. The van der Waals surface area contributed by atoms with Crippen LogP contribution in [0.1, 0.15) is 10.9 Å². The molecule has 0 aliphatic rings. The van der Waals surface area contributed by atoms with Crippen molar-refractivity contribution in [2.45, 2.75) is 5.38 Å². The Morgan fingerprint density at radius 3 is 2.94 bits per heavy atom. The lowest BCUT2D eigenvalue weighted by Crippen LogP contribution is -2.22. The Bertz CT molecular complexity index is 573. The van der Waals surface area contributed by atoms with E-state index in [-0.39, 0.29) is 5.91 Å². The van der Waals surface area contributed by atoms with E-state index in [4.69, 9.17) is 11.6 Å². The standard InChI is InChI=1S/C12H10BrClN2O/c1-15-12(17)10(14)8-4-5-9(13)7-3-2-6-16-11(7)8/h2-6,10H,1H3,(H,15,17). The third-order valence-electron chi connectivity index (χ3n) is 2.50. The van der Waals surface area contributed by atoms with Crippen LogP contribution in [0.4, 0.5) is 0 Å². The number of carbonyl (C=O) groups is 1. The van der Waals surface area contributed by atoms with Gasteiger partial charge >= 0.3 is 0 Å². The molecule has 1 amide bonds. The molecule has 0 aliphatic carbocycles. The summed E-state index contributed by atoms with van der Waals surface area (Å²) < 4.78 is 0.935. The molecular formula is C12H10BrClN2O. The number of halogens is 2. The number of pyridine rings is 1. The quantitative estimate of drug-likeness (QED) is 0.866. The molecule has 17 heavy (non-hydrogen) atoms. The van der Waals surface area contributed by atoms with E-state index in [9.17, 15) is 4.79 Å². The lowest BCUT2D eigenvalue weighted by Gasteiger charge is -2.11. The van der Waals surface area contributed by atoms with E-state index in [1.54, 1.807) is 13.2 Å². The van der Waals surface area contributed by atoms with Gasteiger partial charge in [0.25, 0.3) is 0 Å². The van der Waals surface area contributed by atoms with E-state index in [0.29, 0.717) is 5.56 Å². The number of aromatic nitrogens is 1.